The molecule has 0 spiro atoms. The van der Waals surface area contributed by atoms with Gasteiger partial charge in [0.05, 0.1) is 5.60 Å². The minimum atomic E-state index is -0.635. The molecule has 0 aliphatic heterocycles. The number of rotatable bonds is 5. The molecule has 0 radical (unpaired) electrons. The van der Waals surface area contributed by atoms with Gasteiger partial charge in [0.25, 0.3) is 0 Å². The highest BCUT2D eigenvalue weighted by molar-refractivity contribution is 4.86. The van der Waals surface area contributed by atoms with Crippen LogP contribution in [0.2, 0.25) is 0 Å². The summed E-state index contributed by atoms with van der Waals surface area (Å²) in [7, 11) is 4.00. The minimum absolute atomic E-state index is 0.576. The molecule has 3 nitrogen and oxygen atoms in total. The first-order valence-corrected chi connectivity index (χ1v) is 6.92. The molecule has 1 aliphatic carbocycles. The van der Waals surface area contributed by atoms with E-state index in [-0.39, 0.29) is 0 Å². The predicted molar refractivity (Wildman–Crippen MR) is 73.1 cm³/mol. The molecule has 0 unspecified atom stereocenters. The summed E-state index contributed by atoms with van der Waals surface area (Å²) in [5.41, 5.74) is -0.635. The van der Waals surface area contributed by atoms with E-state index in [9.17, 15) is 5.11 Å². The molecule has 0 aromatic heterocycles. The average molecular weight is 242 g/mol. The summed E-state index contributed by atoms with van der Waals surface area (Å²) in [6.07, 6.45) is 3.93. The molecule has 0 heterocycles. The van der Waals surface area contributed by atoms with Crippen molar-refractivity contribution >= 4 is 0 Å². The van der Waals surface area contributed by atoms with Crippen molar-refractivity contribution in [2.75, 3.05) is 27.2 Å². The summed E-state index contributed by atoms with van der Waals surface area (Å²) in [6, 6.07) is 0.576. The van der Waals surface area contributed by atoms with Crippen molar-refractivity contribution in [2.45, 2.75) is 51.7 Å². The molecule has 2 N–H and O–H groups in total. The van der Waals surface area contributed by atoms with Crippen LogP contribution in [0.4, 0.5) is 0 Å². The van der Waals surface area contributed by atoms with E-state index in [0.717, 1.165) is 11.8 Å². The number of likely N-dealkylation sites (N-methyl/N-ethyl adjacent to an activating group) is 1. The molecule has 1 fully saturated rings. The lowest BCUT2D eigenvalue weighted by molar-refractivity contribution is 0.0264. The van der Waals surface area contributed by atoms with Crippen molar-refractivity contribution in [1.29, 1.82) is 0 Å². The van der Waals surface area contributed by atoms with Gasteiger partial charge in [-0.3, -0.25) is 0 Å². The molecule has 1 saturated carbocycles. The fraction of sp³-hybridized carbons (Fsp3) is 1.00. The van der Waals surface area contributed by atoms with Crippen LogP contribution in [-0.4, -0.2) is 48.8 Å². The van der Waals surface area contributed by atoms with Gasteiger partial charge in [-0.15, -0.1) is 0 Å². The predicted octanol–water partition coefficient (Wildman–Crippen LogP) is 1.71. The van der Waals surface area contributed by atoms with Gasteiger partial charge in [-0.1, -0.05) is 26.7 Å². The SMILES string of the molecule is C[C@H]1[C@H](C)CCC[C@@H]1NC[C@](C)(O)CN(C)C. The van der Waals surface area contributed by atoms with Crippen molar-refractivity contribution in [3.8, 4) is 0 Å². The number of nitrogens with one attached hydrogen (secondary N) is 1. The highest BCUT2D eigenvalue weighted by atomic mass is 16.3. The van der Waals surface area contributed by atoms with Crippen molar-refractivity contribution in [1.82, 2.24) is 10.2 Å². The number of hydrogen-bond acceptors (Lipinski definition) is 3. The molecular weight excluding hydrogens is 212 g/mol. The van der Waals surface area contributed by atoms with E-state index in [1.807, 2.05) is 25.9 Å². The van der Waals surface area contributed by atoms with E-state index in [1.54, 1.807) is 0 Å². The third-order valence-electron chi connectivity index (χ3n) is 4.11. The third-order valence-corrected chi connectivity index (χ3v) is 4.11. The number of aliphatic hydroxyl groups is 1. The lowest BCUT2D eigenvalue weighted by atomic mass is 9.78. The highest BCUT2D eigenvalue weighted by Gasteiger charge is 2.29. The molecule has 3 heteroatoms. The Morgan fingerprint density at radius 3 is 2.53 bits per heavy atom. The summed E-state index contributed by atoms with van der Waals surface area (Å²) >= 11 is 0. The Balaban J connectivity index is 2.38. The Labute approximate surface area is 107 Å². The van der Waals surface area contributed by atoms with E-state index in [1.165, 1.54) is 19.3 Å². The number of nitrogens with zero attached hydrogens (tertiary/aromatic N) is 1. The van der Waals surface area contributed by atoms with Crippen LogP contribution < -0.4 is 5.32 Å². The fourth-order valence-corrected chi connectivity index (χ4v) is 2.96. The Morgan fingerprint density at radius 1 is 1.29 bits per heavy atom. The van der Waals surface area contributed by atoms with Gasteiger partial charge in [-0.25, -0.2) is 0 Å². The van der Waals surface area contributed by atoms with Crippen molar-refractivity contribution < 1.29 is 5.11 Å². The van der Waals surface area contributed by atoms with Crippen molar-refractivity contribution in [2.24, 2.45) is 11.8 Å². The third kappa shape index (κ3) is 4.94. The second-order valence-electron chi connectivity index (χ2n) is 6.49. The summed E-state index contributed by atoms with van der Waals surface area (Å²) in [4.78, 5) is 2.04. The van der Waals surface area contributed by atoms with Crippen LogP contribution in [0.3, 0.4) is 0 Å². The van der Waals surface area contributed by atoms with Gasteiger partial charge < -0.3 is 15.3 Å². The van der Waals surface area contributed by atoms with Gasteiger partial charge in [0.15, 0.2) is 0 Å². The monoisotopic (exact) mass is 242 g/mol. The normalized spacial score (nSPS) is 33.7. The molecule has 17 heavy (non-hydrogen) atoms. The maximum absolute atomic E-state index is 10.3. The Morgan fingerprint density at radius 2 is 1.94 bits per heavy atom. The van der Waals surface area contributed by atoms with E-state index in [2.05, 4.69) is 19.2 Å². The molecule has 0 saturated heterocycles. The first kappa shape index (κ1) is 14.9. The van der Waals surface area contributed by atoms with Gasteiger partial charge in [0.2, 0.25) is 0 Å². The summed E-state index contributed by atoms with van der Waals surface area (Å²) in [5.74, 6) is 1.53. The topological polar surface area (TPSA) is 35.5 Å². The largest absolute Gasteiger partial charge is 0.388 e. The van der Waals surface area contributed by atoms with Crippen molar-refractivity contribution in [3.05, 3.63) is 0 Å². The van der Waals surface area contributed by atoms with Gasteiger partial charge >= 0.3 is 0 Å². The second kappa shape index (κ2) is 6.17. The van der Waals surface area contributed by atoms with Crippen LogP contribution in [0.15, 0.2) is 0 Å². The van der Waals surface area contributed by atoms with Crippen LogP contribution in [0.5, 0.6) is 0 Å². The zero-order chi connectivity index (χ0) is 13.1. The zero-order valence-corrected chi connectivity index (χ0v) is 12.2. The standard InChI is InChI=1S/C14H30N2O/c1-11-7-6-8-13(12(11)2)15-9-14(3,17)10-16(4)5/h11-13,15,17H,6-10H2,1-5H3/t11-,12+,13+,14+/m1/s1. The molecule has 1 aliphatic rings. The molecule has 0 aromatic rings. The minimum Gasteiger partial charge on any atom is -0.388 e. The van der Waals surface area contributed by atoms with E-state index >= 15 is 0 Å². The summed E-state index contributed by atoms with van der Waals surface area (Å²) in [6.45, 7) is 7.99. The van der Waals surface area contributed by atoms with Gasteiger partial charge in [0.1, 0.15) is 0 Å². The van der Waals surface area contributed by atoms with Gasteiger partial charge in [-0.2, -0.15) is 0 Å². The molecule has 1 rings (SSSR count). The average Bonchev–Trinajstić information content (AvgIpc) is 2.18. The molecule has 0 aromatic carbocycles. The van der Waals surface area contributed by atoms with Crippen LogP contribution in [0.1, 0.15) is 40.0 Å². The molecule has 4 atom stereocenters. The lowest BCUT2D eigenvalue weighted by Crippen LogP contribution is -2.51. The second-order valence-corrected chi connectivity index (χ2v) is 6.49. The Bertz CT molecular complexity index is 228. The summed E-state index contributed by atoms with van der Waals surface area (Å²) in [5, 5.41) is 13.8. The zero-order valence-electron chi connectivity index (χ0n) is 12.2. The quantitative estimate of drug-likeness (QED) is 0.770. The molecule has 102 valence electrons. The van der Waals surface area contributed by atoms with Crippen LogP contribution >= 0.6 is 0 Å². The van der Waals surface area contributed by atoms with Gasteiger partial charge in [0, 0.05) is 19.1 Å². The van der Waals surface area contributed by atoms with Crippen LogP contribution in [0, 0.1) is 11.8 Å². The first-order valence-electron chi connectivity index (χ1n) is 6.92. The Hall–Kier alpha value is -0.120. The van der Waals surface area contributed by atoms with E-state index in [4.69, 9.17) is 0 Å². The maximum atomic E-state index is 10.3. The molecule has 0 bridgehead atoms. The van der Waals surface area contributed by atoms with Crippen LogP contribution in [-0.2, 0) is 0 Å². The fourth-order valence-electron chi connectivity index (χ4n) is 2.96. The van der Waals surface area contributed by atoms with E-state index in [0.29, 0.717) is 19.1 Å². The number of hydrogen-bond donors (Lipinski definition) is 2. The molecular formula is C14H30N2O. The van der Waals surface area contributed by atoms with Crippen LogP contribution in [0.25, 0.3) is 0 Å². The lowest BCUT2D eigenvalue weighted by Gasteiger charge is -2.37. The highest BCUT2D eigenvalue weighted by Crippen LogP contribution is 2.29. The first-order chi connectivity index (χ1) is 7.82. The van der Waals surface area contributed by atoms with Gasteiger partial charge in [-0.05, 0) is 39.3 Å². The maximum Gasteiger partial charge on any atom is 0.0869 e. The Kier molecular flexibility index (Phi) is 5.42. The van der Waals surface area contributed by atoms with E-state index < -0.39 is 5.60 Å². The molecule has 0 amide bonds. The smallest absolute Gasteiger partial charge is 0.0869 e. The summed E-state index contributed by atoms with van der Waals surface area (Å²) < 4.78 is 0. The van der Waals surface area contributed by atoms with Crippen molar-refractivity contribution in [3.63, 3.8) is 0 Å².